The lowest BCUT2D eigenvalue weighted by Crippen LogP contribution is -2.38. The van der Waals surface area contributed by atoms with Crippen LogP contribution in [0.15, 0.2) is 48.7 Å². The van der Waals surface area contributed by atoms with Gasteiger partial charge in [0, 0.05) is 24.3 Å². The molecular formula is C21H24ClN2O3. The van der Waals surface area contributed by atoms with Crippen LogP contribution in [0.5, 0.6) is 0 Å². The number of carbonyl (C=O) groups excluding carboxylic acids is 1. The normalized spacial score (nSPS) is 16.9. The molecule has 1 fully saturated rings. The highest BCUT2D eigenvalue weighted by atomic mass is 35.5. The molecule has 0 unspecified atom stereocenters. The van der Waals surface area contributed by atoms with Crippen LogP contribution in [0.2, 0.25) is 5.02 Å². The number of rotatable bonds is 8. The number of aromatic nitrogens is 1. The molecule has 1 aliphatic heterocycles. The Hall–Kier alpha value is -1.95. The largest absolute Gasteiger partial charge is 0.364 e. The van der Waals surface area contributed by atoms with Gasteiger partial charge in [-0.15, -0.1) is 0 Å². The number of carbonyl (C=O) groups is 1. The number of nitrogens with zero attached hydrogens (tertiary/aromatic N) is 2. The first kappa shape index (κ1) is 19.8. The maximum Gasteiger partial charge on any atom is 0.355 e. The quantitative estimate of drug-likeness (QED) is 0.685. The van der Waals surface area contributed by atoms with Gasteiger partial charge in [0.25, 0.3) is 0 Å². The molecule has 2 heterocycles. The maximum absolute atomic E-state index is 10.5. The van der Waals surface area contributed by atoms with Crippen LogP contribution in [0.25, 0.3) is 0 Å². The van der Waals surface area contributed by atoms with Gasteiger partial charge < -0.3 is 9.64 Å². The number of benzene rings is 1. The summed E-state index contributed by atoms with van der Waals surface area (Å²) >= 11 is 6.03. The van der Waals surface area contributed by atoms with Gasteiger partial charge in [0.1, 0.15) is 6.10 Å². The topological polar surface area (TPSA) is 62.3 Å². The maximum atomic E-state index is 10.5. The molecule has 0 N–H and O–H groups in total. The van der Waals surface area contributed by atoms with E-state index in [4.69, 9.17) is 16.3 Å². The van der Waals surface area contributed by atoms with Crippen LogP contribution in [0.3, 0.4) is 0 Å². The Morgan fingerprint density at radius 2 is 1.93 bits per heavy atom. The first-order valence-corrected chi connectivity index (χ1v) is 9.73. The minimum absolute atomic E-state index is 0.120. The van der Waals surface area contributed by atoms with Crippen molar-refractivity contribution in [3.8, 4) is 0 Å². The number of pyridine rings is 1. The highest BCUT2D eigenvalue weighted by Gasteiger charge is 2.25. The Morgan fingerprint density at radius 1 is 1.19 bits per heavy atom. The standard InChI is InChI=1S/C21H24ClN2O3/c22-17-8-6-16(7-9-17)21(19-4-1-2-12-23-19)27-18-10-14-24(15-11-18)13-3-5-20(25)26/h1-2,4,6-9,12,18,21H,3,5,10-11,13-15H2/t21-/m0/s1. The van der Waals surface area contributed by atoms with E-state index >= 15 is 0 Å². The summed E-state index contributed by atoms with van der Waals surface area (Å²) in [5.41, 5.74) is 1.92. The fourth-order valence-electron chi connectivity index (χ4n) is 3.40. The van der Waals surface area contributed by atoms with Gasteiger partial charge in [0.15, 0.2) is 0 Å². The lowest BCUT2D eigenvalue weighted by atomic mass is 10.0. The van der Waals surface area contributed by atoms with Crippen molar-refractivity contribution < 1.29 is 14.6 Å². The summed E-state index contributed by atoms with van der Waals surface area (Å²) in [5.74, 6) is -0.977. The molecule has 6 heteroatoms. The predicted octanol–water partition coefficient (Wildman–Crippen LogP) is 4.04. The molecule has 1 aromatic heterocycles. The van der Waals surface area contributed by atoms with Gasteiger partial charge in [-0.2, -0.15) is 0 Å². The molecular weight excluding hydrogens is 364 g/mol. The number of hydrogen-bond acceptors (Lipinski definition) is 4. The number of piperidine rings is 1. The van der Waals surface area contributed by atoms with Crippen molar-refractivity contribution in [2.45, 2.75) is 37.9 Å². The summed E-state index contributed by atoms with van der Waals surface area (Å²) in [5, 5.41) is 11.2. The SMILES string of the molecule is [O]C(=O)CCCN1CCC(O[C@@H](c2ccc(Cl)cc2)c2ccccn2)CC1. The Kier molecular flexibility index (Phi) is 7.21. The average molecular weight is 388 g/mol. The second-order valence-electron chi connectivity index (χ2n) is 6.84. The summed E-state index contributed by atoms with van der Waals surface area (Å²) < 4.78 is 6.46. The third-order valence-corrected chi connectivity index (χ3v) is 5.10. The number of halogens is 1. The fraction of sp³-hybridized carbons (Fsp3) is 0.429. The molecule has 2 aromatic rings. The van der Waals surface area contributed by atoms with Crippen LogP contribution in [0.4, 0.5) is 0 Å². The lowest BCUT2D eigenvalue weighted by Gasteiger charge is -2.34. The van der Waals surface area contributed by atoms with Gasteiger partial charge in [0.2, 0.25) is 0 Å². The molecule has 1 radical (unpaired) electrons. The minimum atomic E-state index is -0.977. The Balaban J connectivity index is 1.60. The zero-order valence-corrected chi connectivity index (χ0v) is 16.0. The summed E-state index contributed by atoms with van der Waals surface area (Å²) in [6.07, 6.45) is 4.29. The molecule has 1 aromatic carbocycles. The van der Waals surface area contributed by atoms with Crippen molar-refractivity contribution in [2.24, 2.45) is 0 Å². The van der Waals surface area contributed by atoms with E-state index in [0.717, 1.165) is 43.7 Å². The molecule has 1 aliphatic rings. The average Bonchev–Trinajstić information content (AvgIpc) is 2.68. The van der Waals surface area contributed by atoms with Crippen molar-refractivity contribution in [1.82, 2.24) is 9.88 Å². The van der Waals surface area contributed by atoms with Crippen LogP contribution in [-0.2, 0) is 14.6 Å². The number of ether oxygens (including phenoxy) is 1. The molecule has 3 rings (SSSR count). The van der Waals surface area contributed by atoms with Crippen molar-refractivity contribution in [3.63, 3.8) is 0 Å². The zero-order valence-electron chi connectivity index (χ0n) is 15.2. The number of likely N-dealkylation sites (tertiary alicyclic amines) is 1. The fourth-order valence-corrected chi connectivity index (χ4v) is 3.52. The van der Waals surface area contributed by atoms with Crippen molar-refractivity contribution >= 4 is 17.6 Å². The van der Waals surface area contributed by atoms with Gasteiger partial charge in [-0.1, -0.05) is 29.8 Å². The first-order chi connectivity index (χ1) is 13.1. The predicted molar refractivity (Wildman–Crippen MR) is 103 cm³/mol. The molecule has 1 atom stereocenters. The molecule has 27 heavy (non-hydrogen) atoms. The van der Waals surface area contributed by atoms with Crippen LogP contribution < -0.4 is 0 Å². The van der Waals surface area contributed by atoms with Gasteiger partial charge in [-0.05, 0) is 55.6 Å². The van der Waals surface area contributed by atoms with E-state index in [9.17, 15) is 9.90 Å². The third kappa shape index (κ3) is 6.03. The van der Waals surface area contributed by atoms with Gasteiger partial charge in [0.05, 0.1) is 18.2 Å². The molecule has 5 nitrogen and oxygen atoms in total. The summed E-state index contributed by atoms with van der Waals surface area (Å²) in [4.78, 5) is 17.3. The molecule has 143 valence electrons. The Labute approximate surface area is 164 Å². The Bertz CT molecular complexity index is 716. The summed E-state index contributed by atoms with van der Waals surface area (Å²) in [7, 11) is 0. The molecule has 0 amide bonds. The molecule has 1 saturated heterocycles. The van der Waals surface area contributed by atoms with Crippen molar-refractivity contribution in [1.29, 1.82) is 0 Å². The summed E-state index contributed by atoms with van der Waals surface area (Å²) in [6.45, 7) is 2.61. The first-order valence-electron chi connectivity index (χ1n) is 9.36. The summed E-state index contributed by atoms with van der Waals surface area (Å²) in [6, 6.07) is 13.6. The van der Waals surface area contributed by atoms with Crippen molar-refractivity contribution in [3.05, 3.63) is 64.9 Å². The van der Waals surface area contributed by atoms with E-state index in [-0.39, 0.29) is 18.6 Å². The van der Waals surface area contributed by atoms with E-state index in [0.29, 0.717) is 11.4 Å². The van der Waals surface area contributed by atoms with E-state index in [1.54, 1.807) is 6.20 Å². The van der Waals surface area contributed by atoms with Crippen molar-refractivity contribution in [2.75, 3.05) is 19.6 Å². The van der Waals surface area contributed by atoms with Gasteiger partial charge >= 0.3 is 5.97 Å². The monoisotopic (exact) mass is 387 g/mol. The van der Waals surface area contributed by atoms with Crippen LogP contribution in [0.1, 0.15) is 43.0 Å². The van der Waals surface area contributed by atoms with E-state index in [1.165, 1.54) is 0 Å². The third-order valence-electron chi connectivity index (χ3n) is 4.85. The highest BCUT2D eigenvalue weighted by Crippen LogP contribution is 2.29. The number of hydrogen-bond donors (Lipinski definition) is 0. The van der Waals surface area contributed by atoms with Gasteiger partial charge in [-0.3, -0.25) is 4.98 Å². The zero-order chi connectivity index (χ0) is 19.1. The van der Waals surface area contributed by atoms with E-state index in [2.05, 4.69) is 9.88 Å². The second-order valence-corrected chi connectivity index (χ2v) is 7.28. The molecule has 0 bridgehead atoms. The van der Waals surface area contributed by atoms with Crippen LogP contribution in [0, 0.1) is 0 Å². The molecule has 0 aliphatic carbocycles. The minimum Gasteiger partial charge on any atom is -0.364 e. The van der Waals surface area contributed by atoms with Gasteiger partial charge in [-0.25, -0.2) is 9.90 Å². The van der Waals surface area contributed by atoms with E-state index in [1.807, 2.05) is 42.5 Å². The second kappa shape index (κ2) is 9.83. The van der Waals surface area contributed by atoms with Crippen LogP contribution >= 0.6 is 11.6 Å². The smallest absolute Gasteiger partial charge is 0.355 e. The molecule has 0 saturated carbocycles. The Morgan fingerprint density at radius 3 is 2.56 bits per heavy atom. The van der Waals surface area contributed by atoms with E-state index < -0.39 is 5.97 Å². The molecule has 0 spiro atoms. The lowest BCUT2D eigenvalue weighted by molar-refractivity contribution is -0.143. The highest BCUT2D eigenvalue weighted by molar-refractivity contribution is 6.30. The van der Waals surface area contributed by atoms with Crippen LogP contribution in [-0.4, -0.2) is 41.6 Å².